The molecule has 2 aromatic heterocycles. The number of anilines is 1. The fraction of sp³-hybridized carbons (Fsp3) is 0. The summed E-state index contributed by atoms with van der Waals surface area (Å²) >= 11 is 0. The second kappa shape index (κ2) is 13.8. The Hall–Kier alpha value is -7.24. The van der Waals surface area contributed by atoms with Gasteiger partial charge in [0.25, 0.3) is 0 Å². The topological polar surface area (TPSA) is 77.6 Å². The first-order valence-corrected chi connectivity index (χ1v) is 17.6. The van der Waals surface area contributed by atoms with Gasteiger partial charge in [0.15, 0.2) is 17.5 Å². The zero-order chi connectivity index (χ0) is 35.6. The van der Waals surface area contributed by atoms with Gasteiger partial charge in [-0.3, -0.25) is 4.98 Å². The quantitative estimate of drug-likeness (QED) is 0.170. The number of hydrogen-bond donors (Lipinski definition) is 1. The van der Waals surface area contributed by atoms with Crippen molar-refractivity contribution in [1.82, 2.24) is 19.9 Å². The van der Waals surface area contributed by atoms with Crippen LogP contribution in [0.3, 0.4) is 0 Å². The van der Waals surface area contributed by atoms with Gasteiger partial charge >= 0.3 is 0 Å². The molecule has 0 atom stereocenters. The van der Waals surface area contributed by atoms with Crippen LogP contribution in [0.1, 0.15) is 0 Å². The number of nitrogens with two attached hydrogens (primary N) is 1. The maximum atomic E-state index is 6.12. The zero-order valence-corrected chi connectivity index (χ0v) is 28.8. The van der Waals surface area contributed by atoms with Crippen molar-refractivity contribution in [3.05, 3.63) is 188 Å². The van der Waals surface area contributed by atoms with Crippen molar-refractivity contribution in [1.29, 1.82) is 0 Å². The van der Waals surface area contributed by atoms with E-state index in [1.165, 1.54) is 11.1 Å². The number of nitrogen functional groups attached to an aromatic ring is 1. The minimum absolute atomic E-state index is 0.600. The summed E-state index contributed by atoms with van der Waals surface area (Å²) in [4.78, 5) is 19.9. The van der Waals surface area contributed by atoms with Crippen LogP contribution in [0.25, 0.3) is 89.6 Å². The number of benzene rings is 7. The fourth-order valence-corrected chi connectivity index (χ4v) is 6.80. The van der Waals surface area contributed by atoms with Gasteiger partial charge < -0.3 is 5.73 Å². The molecule has 5 heteroatoms. The fourth-order valence-electron chi connectivity index (χ4n) is 6.80. The van der Waals surface area contributed by atoms with Crippen molar-refractivity contribution in [2.24, 2.45) is 0 Å². The molecule has 0 saturated heterocycles. The smallest absolute Gasteiger partial charge is 0.164 e. The molecule has 53 heavy (non-hydrogen) atoms. The molecule has 0 radical (unpaired) electrons. The Bertz CT molecular complexity index is 2720. The minimum Gasteiger partial charge on any atom is -0.399 e. The van der Waals surface area contributed by atoms with Crippen LogP contribution in [0.15, 0.2) is 188 Å². The predicted molar refractivity (Wildman–Crippen MR) is 218 cm³/mol. The van der Waals surface area contributed by atoms with E-state index in [9.17, 15) is 0 Å². The monoisotopic (exact) mass is 679 g/mol. The Morgan fingerprint density at radius 2 is 0.811 bits per heavy atom. The number of nitrogens with zero attached hydrogens (tertiary/aromatic N) is 4. The van der Waals surface area contributed by atoms with E-state index in [0.717, 1.165) is 66.7 Å². The van der Waals surface area contributed by atoms with E-state index in [1.54, 1.807) is 0 Å². The third-order valence-corrected chi connectivity index (χ3v) is 9.47. The largest absolute Gasteiger partial charge is 0.399 e. The molecule has 0 aliphatic rings. The summed E-state index contributed by atoms with van der Waals surface area (Å²) in [6.45, 7) is 0. The van der Waals surface area contributed by atoms with E-state index in [-0.39, 0.29) is 0 Å². The summed E-state index contributed by atoms with van der Waals surface area (Å²) < 4.78 is 0. The maximum absolute atomic E-state index is 6.12. The maximum Gasteiger partial charge on any atom is 0.164 e. The van der Waals surface area contributed by atoms with Crippen LogP contribution in [-0.4, -0.2) is 19.9 Å². The summed E-state index contributed by atoms with van der Waals surface area (Å²) in [6.07, 6.45) is 1.86. The molecule has 9 rings (SSSR count). The highest BCUT2D eigenvalue weighted by Crippen LogP contribution is 2.36. The van der Waals surface area contributed by atoms with Crippen molar-refractivity contribution in [3.63, 3.8) is 0 Å². The van der Waals surface area contributed by atoms with E-state index >= 15 is 0 Å². The molecule has 0 aliphatic carbocycles. The lowest BCUT2D eigenvalue weighted by Crippen LogP contribution is -2.00. The van der Waals surface area contributed by atoms with Gasteiger partial charge in [0, 0.05) is 39.5 Å². The second-order valence-corrected chi connectivity index (χ2v) is 13.0. The van der Waals surface area contributed by atoms with Crippen LogP contribution < -0.4 is 5.73 Å². The molecule has 0 bridgehead atoms. The normalized spacial score (nSPS) is 11.1. The third kappa shape index (κ3) is 6.55. The second-order valence-electron chi connectivity index (χ2n) is 13.0. The summed E-state index contributed by atoms with van der Waals surface area (Å²) in [6, 6.07) is 62.4. The molecule has 0 fully saturated rings. The lowest BCUT2D eigenvalue weighted by atomic mass is 9.94. The third-order valence-electron chi connectivity index (χ3n) is 9.47. The van der Waals surface area contributed by atoms with Crippen LogP contribution in [0.5, 0.6) is 0 Å². The average molecular weight is 680 g/mol. The molecule has 2 heterocycles. The Morgan fingerprint density at radius 1 is 0.321 bits per heavy atom. The summed E-state index contributed by atoms with van der Waals surface area (Å²) in [5.41, 5.74) is 19.3. The number of hydrogen-bond acceptors (Lipinski definition) is 5. The number of rotatable bonds is 7. The van der Waals surface area contributed by atoms with Crippen LogP contribution >= 0.6 is 0 Å². The van der Waals surface area contributed by atoms with E-state index in [1.807, 2.05) is 79.0 Å². The van der Waals surface area contributed by atoms with Crippen molar-refractivity contribution in [2.75, 3.05) is 5.73 Å². The molecule has 9 aromatic rings. The molecule has 0 spiro atoms. The molecule has 0 amide bonds. The van der Waals surface area contributed by atoms with E-state index in [2.05, 4.69) is 109 Å². The van der Waals surface area contributed by atoms with Gasteiger partial charge in [-0.05, 0) is 81.4 Å². The Morgan fingerprint density at radius 3 is 1.45 bits per heavy atom. The molecule has 250 valence electrons. The highest BCUT2D eigenvalue weighted by atomic mass is 15.0. The molecule has 0 unspecified atom stereocenters. The van der Waals surface area contributed by atoms with Gasteiger partial charge in [0.05, 0.1) is 5.52 Å². The molecule has 0 aliphatic heterocycles. The molecule has 0 saturated carbocycles. The standard InChI is InChI=1S/C48H33N5/c49-43-21-9-17-38(30-43)36-15-7-18-40(27-36)47-51-46(35-13-5-2-6-14-35)52-48(53-47)41-19-8-16-37(28-41)42-29-39-20-10-26-50-45(39)44(31-42)34-24-22-33(23-25-34)32-11-3-1-4-12-32/h1-31H,49H2. The molecule has 2 N–H and O–H groups in total. The molecule has 5 nitrogen and oxygen atoms in total. The van der Waals surface area contributed by atoms with Crippen LogP contribution in [0.2, 0.25) is 0 Å². The van der Waals surface area contributed by atoms with Crippen molar-refractivity contribution in [2.45, 2.75) is 0 Å². The highest BCUT2D eigenvalue weighted by Gasteiger charge is 2.15. The van der Waals surface area contributed by atoms with Crippen LogP contribution in [-0.2, 0) is 0 Å². The van der Waals surface area contributed by atoms with E-state index < -0.39 is 0 Å². The molecular formula is C48H33N5. The first-order chi connectivity index (χ1) is 26.1. The Kier molecular flexibility index (Phi) is 8.27. The number of pyridine rings is 1. The van der Waals surface area contributed by atoms with Gasteiger partial charge in [-0.1, -0.05) is 140 Å². The van der Waals surface area contributed by atoms with Crippen molar-refractivity contribution < 1.29 is 0 Å². The number of aromatic nitrogens is 4. The average Bonchev–Trinajstić information content (AvgIpc) is 3.24. The SMILES string of the molecule is Nc1cccc(-c2cccc(-c3nc(-c4ccccc4)nc(-c4cccc(-c5cc(-c6ccc(-c7ccccc7)cc6)c6ncccc6c5)c4)n3)c2)c1. The lowest BCUT2D eigenvalue weighted by molar-refractivity contribution is 1.07. The van der Waals surface area contributed by atoms with Gasteiger partial charge in [-0.2, -0.15) is 0 Å². The highest BCUT2D eigenvalue weighted by molar-refractivity contribution is 5.98. The lowest BCUT2D eigenvalue weighted by Gasteiger charge is -2.13. The first kappa shape index (κ1) is 31.7. The minimum atomic E-state index is 0.600. The first-order valence-electron chi connectivity index (χ1n) is 17.6. The molecular weight excluding hydrogens is 647 g/mol. The summed E-state index contributed by atoms with van der Waals surface area (Å²) in [5.74, 6) is 1.82. The van der Waals surface area contributed by atoms with Crippen LogP contribution in [0, 0.1) is 0 Å². The van der Waals surface area contributed by atoms with Gasteiger partial charge in [0.1, 0.15) is 0 Å². The zero-order valence-electron chi connectivity index (χ0n) is 28.8. The van der Waals surface area contributed by atoms with E-state index in [4.69, 9.17) is 25.7 Å². The van der Waals surface area contributed by atoms with Crippen LogP contribution in [0.4, 0.5) is 5.69 Å². The predicted octanol–water partition coefficient (Wildman–Crippen LogP) is 11.7. The number of fused-ring (bicyclic) bond motifs is 1. The summed E-state index contributed by atoms with van der Waals surface area (Å²) in [5, 5.41) is 1.08. The van der Waals surface area contributed by atoms with Gasteiger partial charge in [0.2, 0.25) is 0 Å². The van der Waals surface area contributed by atoms with Crippen molar-refractivity contribution in [3.8, 4) is 78.7 Å². The molecule has 7 aromatic carbocycles. The van der Waals surface area contributed by atoms with Gasteiger partial charge in [-0.15, -0.1) is 0 Å². The summed E-state index contributed by atoms with van der Waals surface area (Å²) in [7, 11) is 0. The Balaban J connectivity index is 1.14. The van der Waals surface area contributed by atoms with Gasteiger partial charge in [-0.25, -0.2) is 15.0 Å². The van der Waals surface area contributed by atoms with E-state index in [0.29, 0.717) is 17.5 Å². The van der Waals surface area contributed by atoms with Crippen molar-refractivity contribution >= 4 is 16.6 Å². The Labute approximate surface area is 308 Å².